The van der Waals surface area contributed by atoms with E-state index in [-0.39, 0.29) is 0 Å². The zero-order valence-electron chi connectivity index (χ0n) is 11.6. The summed E-state index contributed by atoms with van der Waals surface area (Å²) in [7, 11) is -2.18. The molecule has 0 aliphatic heterocycles. The van der Waals surface area contributed by atoms with Crippen molar-refractivity contribution < 1.29 is 0 Å². The normalized spacial score (nSPS) is 15.9. The van der Waals surface area contributed by atoms with Gasteiger partial charge in [0.1, 0.15) is 0 Å². The molecule has 0 aliphatic carbocycles. The Morgan fingerprint density at radius 1 is 0.889 bits per heavy atom. The Kier molecular flexibility index (Phi) is 4.20. The first-order valence-electron chi connectivity index (χ1n) is 6.79. The van der Waals surface area contributed by atoms with Crippen LogP contribution in [0.4, 0.5) is 0 Å². The van der Waals surface area contributed by atoms with Crippen molar-refractivity contribution in [1.82, 2.24) is 0 Å². The molecule has 2 atom stereocenters. The van der Waals surface area contributed by atoms with Gasteiger partial charge in [0.05, 0.1) is 15.9 Å². The van der Waals surface area contributed by atoms with Gasteiger partial charge in [-0.15, -0.1) is 0 Å². The first-order valence-corrected chi connectivity index (χ1v) is 13.0. The van der Waals surface area contributed by atoms with Crippen molar-refractivity contribution in [1.29, 1.82) is 0 Å². The maximum atomic E-state index is 2.58. The Morgan fingerprint density at radius 3 is 1.89 bits per heavy atom. The molecule has 0 saturated heterocycles. The average Bonchev–Trinajstić information content (AvgIpc) is 2.47. The molecule has 18 heavy (non-hydrogen) atoms. The fraction of sp³-hybridized carbons (Fsp3) is 0.250. The molecule has 0 spiro atoms. The molecular weight excluding hydrogens is 248 g/mol. The van der Waals surface area contributed by atoms with E-state index in [4.69, 9.17) is 0 Å². The molecule has 2 unspecified atom stereocenters. The summed E-state index contributed by atoms with van der Waals surface area (Å²) in [5, 5.41) is 3.26. The van der Waals surface area contributed by atoms with Crippen molar-refractivity contribution in [2.75, 3.05) is 0 Å². The van der Waals surface area contributed by atoms with E-state index in [0.29, 0.717) is 0 Å². The molecule has 2 aromatic rings. The predicted molar refractivity (Wildman–Crippen MR) is 87.3 cm³/mol. The molecule has 0 fully saturated rings. The second kappa shape index (κ2) is 5.68. The van der Waals surface area contributed by atoms with Crippen LogP contribution in [-0.4, -0.2) is 15.9 Å². The smallest absolute Gasteiger partial charge is 0.0696 e. The minimum absolute atomic E-state index is 0.878. The Labute approximate surface area is 113 Å². The first-order chi connectivity index (χ1) is 8.68. The Morgan fingerprint density at radius 2 is 1.39 bits per heavy atom. The summed E-state index contributed by atoms with van der Waals surface area (Å²) in [6.07, 6.45) is 0. The van der Waals surface area contributed by atoms with Crippen LogP contribution in [-0.2, 0) is 0 Å². The van der Waals surface area contributed by atoms with Crippen LogP contribution in [0.2, 0.25) is 19.1 Å². The maximum absolute atomic E-state index is 2.58. The highest BCUT2D eigenvalue weighted by Gasteiger charge is 2.35. The Bertz CT molecular complexity index is 481. The van der Waals surface area contributed by atoms with Crippen molar-refractivity contribution >= 4 is 26.3 Å². The van der Waals surface area contributed by atoms with Gasteiger partial charge in [0.15, 0.2) is 0 Å². The standard InChI is InChI=1S/C16H22Si2/c1-4-18(3,16-13-9-6-10-14-16)17(2)15-11-7-5-8-12-15/h5-14,17H,4H2,1-3H3. The van der Waals surface area contributed by atoms with Gasteiger partial charge in [0.2, 0.25) is 0 Å². The molecule has 2 heteroatoms. The molecule has 0 heterocycles. The quantitative estimate of drug-likeness (QED) is 0.750. The monoisotopic (exact) mass is 270 g/mol. The van der Waals surface area contributed by atoms with Crippen molar-refractivity contribution in [3.8, 4) is 0 Å². The summed E-state index contributed by atoms with van der Waals surface area (Å²) in [5.41, 5.74) is 0. The maximum Gasteiger partial charge on any atom is 0.0784 e. The molecule has 0 radical (unpaired) electrons. The Hall–Kier alpha value is -1.13. The highest BCUT2D eigenvalue weighted by molar-refractivity contribution is 7.42. The fourth-order valence-corrected chi connectivity index (χ4v) is 13.4. The van der Waals surface area contributed by atoms with Crippen molar-refractivity contribution in [3.05, 3.63) is 60.7 Å². The summed E-state index contributed by atoms with van der Waals surface area (Å²) in [6, 6.07) is 23.7. The van der Waals surface area contributed by atoms with Gasteiger partial charge in [-0.2, -0.15) is 0 Å². The van der Waals surface area contributed by atoms with Crippen molar-refractivity contribution in [2.45, 2.75) is 26.1 Å². The van der Waals surface area contributed by atoms with E-state index in [1.165, 1.54) is 6.04 Å². The topological polar surface area (TPSA) is 0 Å². The van der Waals surface area contributed by atoms with E-state index in [9.17, 15) is 0 Å². The van der Waals surface area contributed by atoms with E-state index in [0.717, 1.165) is 0 Å². The number of rotatable bonds is 4. The lowest BCUT2D eigenvalue weighted by atomic mass is 10.4. The third-order valence-corrected chi connectivity index (χ3v) is 19.8. The van der Waals surface area contributed by atoms with Crippen LogP contribution in [0, 0.1) is 0 Å². The molecule has 0 nitrogen and oxygen atoms in total. The van der Waals surface area contributed by atoms with Gasteiger partial charge in [-0.1, -0.05) is 97.1 Å². The van der Waals surface area contributed by atoms with Crippen molar-refractivity contribution in [3.63, 3.8) is 0 Å². The molecule has 2 aromatic carbocycles. The van der Waals surface area contributed by atoms with Crippen LogP contribution in [0.15, 0.2) is 60.7 Å². The number of hydrogen-bond acceptors (Lipinski definition) is 0. The average molecular weight is 271 g/mol. The summed E-state index contributed by atoms with van der Waals surface area (Å²) >= 11 is 0. The largest absolute Gasteiger partial charge is 0.0784 e. The molecule has 2 rings (SSSR count). The van der Waals surface area contributed by atoms with E-state index in [1.807, 2.05) is 0 Å². The minimum atomic E-state index is -1.30. The number of hydrogen-bond donors (Lipinski definition) is 0. The minimum Gasteiger partial charge on any atom is -0.0696 e. The van der Waals surface area contributed by atoms with E-state index < -0.39 is 15.9 Å². The fourth-order valence-electron chi connectivity index (χ4n) is 2.69. The molecular formula is C16H22Si2. The van der Waals surface area contributed by atoms with Crippen LogP contribution in [0.25, 0.3) is 0 Å². The predicted octanol–water partition coefficient (Wildman–Crippen LogP) is 2.83. The van der Waals surface area contributed by atoms with E-state index in [2.05, 4.69) is 80.7 Å². The van der Waals surface area contributed by atoms with Gasteiger partial charge in [-0.25, -0.2) is 0 Å². The van der Waals surface area contributed by atoms with Gasteiger partial charge in [0.25, 0.3) is 0 Å². The lowest BCUT2D eigenvalue weighted by Crippen LogP contribution is -2.61. The zero-order valence-corrected chi connectivity index (χ0v) is 13.7. The van der Waals surface area contributed by atoms with Crippen LogP contribution < -0.4 is 10.4 Å². The lowest BCUT2D eigenvalue weighted by molar-refractivity contribution is 1.41. The summed E-state index contributed by atoms with van der Waals surface area (Å²) in [6.45, 7) is 7.50. The van der Waals surface area contributed by atoms with Crippen LogP contribution in [0.3, 0.4) is 0 Å². The molecule has 0 N–H and O–H groups in total. The first kappa shape index (κ1) is 13.3. The molecule has 94 valence electrons. The molecule has 0 saturated carbocycles. The van der Waals surface area contributed by atoms with Crippen LogP contribution >= 0.6 is 0 Å². The summed E-state index contributed by atoms with van der Waals surface area (Å²) in [5.74, 6) is 0. The molecule has 0 bridgehead atoms. The van der Waals surface area contributed by atoms with E-state index >= 15 is 0 Å². The van der Waals surface area contributed by atoms with Gasteiger partial charge in [-0.3, -0.25) is 0 Å². The van der Waals surface area contributed by atoms with Gasteiger partial charge in [-0.05, 0) is 0 Å². The Balaban J connectivity index is 2.39. The zero-order chi connectivity index (χ0) is 13.0. The third-order valence-electron chi connectivity index (χ3n) is 4.42. The van der Waals surface area contributed by atoms with Gasteiger partial charge < -0.3 is 0 Å². The molecule has 0 amide bonds. The summed E-state index contributed by atoms with van der Waals surface area (Å²) < 4.78 is 0. The van der Waals surface area contributed by atoms with Crippen LogP contribution in [0.5, 0.6) is 0 Å². The number of benzene rings is 2. The third kappa shape index (κ3) is 2.50. The highest BCUT2D eigenvalue weighted by Crippen LogP contribution is 2.14. The van der Waals surface area contributed by atoms with Gasteiger partial charge >= 0.3 is 0 Å². The highest BCUT2D eigenvalue weighted by atomic mass is 29.2. The summed E-state index contributed by atoms with van der Waals surface area (Å²) in [4.78, 5) is 0. The van der Waals surface area contributed by atoms with Gasteiger partial charge in [0, 0.05) is 0 Å². The van der Waals surface area contributed by atoms with E-state index in [1.54, 1.807) is 10.4 Å². The molecule has 0 aliphatic rings. The SMILES string of the molecule is CC[Si](C)(c1ccccc1)[SiH](C)c1ccccc1. The van der Waals surface area contributed by atoms with Crippen molar-refractivity contribution in [2.24, 2.45) is 0 Å². The second-order valence-corrected chi connectivity index (χ2v) is 17.9. The lowest BCUT2D eigenvalue weighted by Gasteiger charge is -2.32. The second-order valence-electron chi connectivity index (χ2n) is 5.27. The van der Waals surface area contributed by atoms with Crippen LogP contribution in [0.1, 0.15) is 6.92 Å². The molecule has 0 aromatic heterocycles.